The Kier molecular flexibility index (Phi) is 6.75. The molecule has 0 radical (unpaired) electrons. The molecule has 1 heterocycles. The average Bonchev–Trinajstić information content (AvgIpc) is 2.33. The lowest BCUT2D eigenvalue weighted by Crippen LogP contribution is -2.49. The number of nitrogens with two attached hydrogens (primary N) is 1. The van der Waals surface area contributed by atoms with Crippen molar-refractivity contribution in [1.82, 2.24) is 15.1 Å². The minimum Gasteiger partial charge on any atom is -0.368 e. The third kappa shape index (κ3) is 5.89. The molecule has 1 amide bonds. The molecule has 19 heavy (non-hydrogen) atoms. The topological polar surface area (TPSA) is 61.6 Å². The van der Waals surface area contributed by atoms with Crippen molar-refractivity contribution < 1.29 is 4.79 Å². The van der Waals surface area contributed by atoms with Crippen LogP contribution in [-0.4, -0.2) is 67.6 Å². The van der Waals surface area contributed by atoms with Gasteiger partial charge in [-0.25, -0.2) is 0 Å². The van der Waals surface area contributed by atoms with E-state index in [4.69, 9.17) is 5.73 Å². The minimum absolute atomic E-state index is 0.219. The molecule has 0 aromatic carbocycles. The zero-order chi connectivity index (χ0) is 14.4. The van der Waals surface area contributed by atoms with Gasteiger partial charge in [-0.3, -0.25) is 4.79 Å². The maximum absolute atomic E-state index is 11.4. The van der Waals surface area contributed by atoms with Gasteiger partial charge in [0.15, 0.2) is 0 Å². The Bertz CT molecular complexity index is 283. The first-order valence-electron chi connectivity index (χ1n) is 7.34. The Labute approximate surface area is 117 Å². The van der Waals surface area contributed by atoms with E-state index in [0.29, 0.717) is 6.04 Å². The van der Waals surface area contributed by atoms with Crippen LogP contribution in [0.5, 0.6) is 0 Å². The number of nitrogens with one attached hydrogen (secondary N) is 1. The molecule has 1 aliphatic rings. The SMILES string of the molecule is CC(C)NC(CCN(C)C1CCCN(C)C1)C(N)=O. The second-order valence-electron chi connectivity index (χ2n) is 6.10. The highest BCUT2D eigenvalue weighted by molar-refractivity contribution is 5.79. The molecule has 2 atom stereocenters. The number of likely N-dealkylation sites (tertiary alicyclic amines) is 1. The molecule has 0 spiro atoms. The van der Waals surface area contributed by atoms with Crippen molar-refractivity contribution in [2.45, 2.75) is 51.2 Å². The van der Waals surface area contributed by atoms with Gasteiger partial charge in [-0.15, -0.1) is 0 Å². The summed E-state index contributed by atoms with van der Waals surface area (Å²) in [7, 11) is 4.32. The first-order chi connectivity index (χ1) is 8.90. The van der Waals surface area contributed by atoms with Gasteiger partial charge in [0, 0.05) is 25.2 Å². The van der Waals surface area contributed by atoms with E-state index < -0.39 is 0 Å². The maximum atomic E-state index is 11.4. The van der Waals surface area contributed by atoms with E-state index in [2.05, 4.69) is 29.2 Å². The summed E-state index contributed by atoms with van der Waals surface area (Å²) < 4.78 is 0. The number of nitrogens with zero attached hydrogens (tertiary/aromatic N) is 2. The number of amides is 1. The lowest BCUT2D eigenvalue weighted by Gasteiger charge is -2.36. The Morgan fingerprint density at radius 1 is 1.53 bits per heavy atom. The molecule has 1 aliphatic heterocycles. The van der Waals surface area contributed by atoms with Crippen molar-refractivity contribution in [3.63, 3.8) is 0 Å². The van der Waals surface area contributed by atoms with Gasteiger partial charge < -0.3 is 20.9 Å². The van der Waals surface area contributed by atoms with Crippen molar-refractivity contribution in [1.29, 1.82) is 0 Å². The predicted octanol–water partition coefficient (Wildman–Crippen LogP) is 0.254. The Morgan fingerprint density at radius 2 is 2.21 bits per heavy atom. The summed E-state index contributed by atoms with van der Waals surface area (Å²) in [4.78, 5) is 16.2. The van der Waals surface area contributed by atoms with Crippen LogP contribution < -0.4 is 11.1 Å². The predicted molar refractivity (Wildman–Crippen MR) is 79.0 cm³/mol. The van der Waals surface area contributed by atoms with Gasteiger partial charge in [0.2, 0.25) is 5.91 Å². The van der Waals surface area contributed by atoms with Crippen molar-refractivity contribution in [3.05, 3.63) is 0 Å². The fraction of sp³-hybridized carbons (Fsp3) is 0.929. The highest BCUT2D eigenvalue weighted by Crippen LogP contribution is 2.13. The number of primary amides is 1. The second-order valence-corrected chi connectivity index (χ2v) is 6.10. The van der Waals surface area contributed by atoms with Crippen LogP contribution in [0.1, 0.15) is 33.1 Å². The van der Waals surface area contributed by atoms with Gasteiger partial charge in [0.1, 0.15) is 0 Å². The summed E-state index contributed by atoms with van der Waals surface area (Å²) in [5.74, 6) is -0.247. The van der Waals surface area contributed by atoms with E-state index in [1.807, 2.05) is 13.8 Å². The van der Waals surface area contributed by atoms with Crippen LogP contribution in [0.15, 0.2) is 0 Å². The number of hydrogen-bond acceptors (Lipinski definition) is 4. The lowest BCUT2D eigenvalue weighted by molar-refractivity contribution is -0.120. The third-order valence-corrected chi connectivity index (χ3v) is 3.87. The van der Waals surface area contributed by atoms with E-state index in [1.54, 1.807) is 0 Å². The quantitative estimate of drug-likeness (QED) is 0.696. The molecule has 1 saturated heterocycles. The molecule has 0 aliphatic carbocycles. The van der Waals surface area contributed by atoms with Crippen molar-refractivity contribution in [2.24, 2.45) is 5.73 Å². The first-order valence-corrected chi connectivity index (χ1v) is 7.34. The minimum atomic E-state index is -0.247. The monoisotopic (exact) mass is 270 g/mol. The molecule has 5 heteroatoms. The summed E-state index contributed by atoms with van der Waals surface area (Å²) in [5.41, 5.74) is 5.44. The Hall–Kier alpha value is -0.650. The molecule has 1 fully saturated rings. The lowest BCUT2D eigenvalue weighted by atomic mass is 10.0. The van der Waals surface area contributed by atoms with Crippen molar-refractivity contribution in [3.8, 4) is 0 Å². The molecule has 3 N–H and O–H groups in total. The Morgan fingerprint density at radius 3 is 2.74 bits per heavy atom. The molecule has 1 rings (SSSR count). The van der Waals surface area contributed by atoms with Crippen LogP contribution in [-0.2, 0) is 4.79 Å². The van der Waals surface area contributed by atoms with Crippen LogP contribution in [0.2, 0.25) is 0 Å². The number of rotatable bonds is 7. The van der Waals surface area contributed by atoms with Gasteiger partial charge in [-0.1, -0.05) is 13.8 Å². The second kappa shape index (κ2) is 7.82. The highest BCUT2D eigenvalue weighted by Gasteiger charge is 2.23. The summed E-state index contributed by atoms with van der Waals surface area (Å²) in [6.07, 6.45) is 3.29. The number of piperidine rings is 1. The molecule has 0 saturated carbocycles. The molecular weight excluding hydrogens is 240 g/mol. The van der Waals surface area contributed by atoms with E-state index in [-0.39, 0.29) is 18.0 Å². The average molecular weight is 270 g/mol. The van der Waals surface area contributed by atoms with Crippen molar-refractivity contribution in [2.75, 3.05) is 33.7 Å². The zero-order valence-electron chi connectivity index (χ0n) is 12.9. The van der Waals surface area contributed by atoms with E-state index in [0.717, 1.165) is 19.5 Å². The first kappa shape index (κ1) is 16.4. The van der Waals surface area contributed by atoms with E-state index in [1.165, 1.54) is 19.4 Å². The van der Waals surface area contributed by atoms with Crippen LogP contribution >= 0.6 is 0 Å². The number of carbonyl (C=O) groups excluding carboxylic acids is 1. The fourth-order valence-corrected chi connectivity index (χ4v) is 2.72. The molecule has 5 nitrogen and oxygen atoms in total. The molecule has 0 aromatic rings. The van der Waals surface area contributed by atoms with Gasteiger partial charge >= 0.3 is 0 Å². The van der Waals surface area contributed by atoms with E-state index >= 15 is 0 Å². The van der Waals surface area contributed by atoms with Gasteiger partial charge in [0.05, 0.1) is 6.04 Å². The summed E-state index contributed by atoms with van der Waals surface area (Å²) in [5, 5.41) is 3.23. The number of carbonyl (C=O) groups is 1. The molecule has 112 valence electrons. The molecular formula is C14H30N4O. The van der Waals surface area contributed by atoms with Gasteiger partial charge in [-0.05, 0) is 39.9 Å². The molecule has 0 bridgehead atoms. The normalized spacial score (nSPS) is 22.9. The van der Waals surface area contributed by atoms with Crippen LogP contribution in [0.4, 0.5) is 0 Å². The number of likely N-dealkylation sites (N-methyl/N-ethyl adjacent to an activating group) is 2. The van der Waals surface area contributed by atoms with Crippen LogP contribution in [0, 0.1) is 0 Å². The van der Waals surface area contributed by atoms with Gasteiger partial charge in [0.25, 0.3) is 0 Å². The Balaban J connectivity index is 2.38. The molecule has 0 aromatic heterocycles. The summed E-state index contributed by atoms with van der Waals surface area (Å²) >= 11 is 0. The van der Waals surface area contributed by atoms with Crippen molar-refractivity contribution >= 4 is 5.91 Å². The fourth-order valence-electron chi connectivity index (χ4n) is 2.72. The third-order valence-electron chi connectivity index (χ3n) is 3.87. The standard InChI is InChI=1S/C14H30N4O/c1-11(2)16-13(14(15)19)7-9-18(4)12-6-5-8-17(3)10-12/h11-13,16H,5-10H2,1-4H3,(H2,15,19). The van der Waals surface area contributed by atoms with E-state index in [9.17, 15) is 4.79 Å². The van der Waals surface area contributed by atoms with Crippen LogP contribution in [0.25, 0.3) is 0 Å². The largest absolute Gasteiger partial charge is 0.368 e. The summed E-state index contributed by atoms with van der Waals surface area (Å²) in [6.45, 7) is 7.30. The summed E-state index contributed by atoms with van der Waals surface area (Å²) in [6, 6.07) is 0.665. The number of hydrogen-bond donors (Lipinski definition) is 2. The smallest absolute Gasteiger partial charge is 0.234 e. The highest BCUT2D eigenvalue weighted by atomic mass is 16.1. The van der Waals surface area contributed by atoms with Gasteiger partial charge in [-0.2, -0.15) is 0 Å². The zero-order valence-corrected chi connectivity index (χ0v) is 12.9. The maximum Gasteiger partial charge on any atom is 0.234 e. The van der Waals surface area contributed by atoms with Crippen LogP contribution in [0.3, 0.4) is 0 Å². The molecule has 2 unspecified atom stereocenters.